The summed E-state index contributed by atoms with van der Waals surface area (Å²) in [4.78, 5) is 18.0. The van der Waals surface area contributed by atoms with Crippen molar-refractivity contribution < 1.29 is 4.79 Å². The number of carbonyl (C=O) groups is 1. The molecule has 0 saturated carbocycles. The number of nitrogens with one attached hydrogen (secondary N) is 1. The molecule has 25 heavy (non-hydrogen) atoms. The summed E-state index contributed by atoms with van der Waals surface area (Å²) in [7, 11) is 0. The Labute approximate surface area is 154 Å². The quantitative estimate of drug-likeness (QED) is 0.521. The maximum absolute atomic E-state index is 12.4. The topological polar surface area (TPSA) is 65.8 Å². The minimum absolute atomic E-state index is 0.0314. The second-order valence-electron chi connectivity index (χ2n) is 5.43. The van der Waals surface area contributed by atoms with Gasteiger partial charge in [-0.1, -0.05) is 18.2 Å². The minimum Gasteiger partial charge on any atom is -0.321 e. The van der Waals surface area contributed by atoms with Gasteiger partial charge in [-0.15, -0.1) is 22.7 Å². The van der Waals surface area contributed by atoms with Crippen molar-refractivity contribution in [2.75, 3.05) is 5.32 Å². The monoisotopic (exact) mass is 365 g/mol. The molecule has 3 aromatic rings. The summed E-state index contributed by atoms with van der Waals surface area (Å²) in [6, 6.07) is 11.6. The van der Waals surface area contributed by atoms with Crippen LogP contribution < -0.4 is 5.32 Å². The fourth-order valence-corrected chi connectivity index (χ4v) is 3.83. The fourth-order valence-electron chi connectivity index (χ4n) is 2.24. The molecule has 1 N–H and O–H groups in total. The molecule has 0 bridgehead atoms. The van der Waals surface area contributed by atoms with Crippen LogP contribution in [0.2, 0.25) is 0 Å². The molecule has 0 radical (unpaired) electrons. The summed E-state index contributed by atoms with van der Waals surface area (Å²) >= 11 is 3.10. The van der Waals surface area contributed by atoms with Crippen LogP contribution in [0.5, 0.6) is 0 Å². The van der Waals surface area contributed by atoms with Gasteiger partial charge >= 0.3 is 0 Å². The molecular formula is C19H15N3OS2. The van der Waals surface area contributed by atoms with Crippen LogP contribution in [0.15, 0.2) is 46.7 Å². The van der Waals surface area contributed by atoms with Crippen LogP contribution in [0, 0.1) is 25.2 Å². The number of thiazole rings is 1. The van der Waals surface area contributed by atoms with Crippen molar-refractivity contribution in [2.24, 2.45) is 0 Å². The standard InChI is InChI=1S/C19H15N3OS2/c1-12-5-3-6-16(13(12)2)22-18(23)14(10-20)9-15-11-25-19(21-15)17-7-4-8-24-17/h3-9,11H,1-2H3,(H,22,23). The Morgan fingerprint density at radius 1 is 1.24 bits per heavy atom. The number of amides is 1. The second-order valence-corrected chi connectivity index (χ2v) is 7.23. The average molecular weight is 365 g/mol. The van der Waals surface area contributed by atoms with E-state index in [4.69, 9.17) is 0 Å². The Morgan fingerprint density at radius 3 is 2.80 bits per heavy atom. The Bertz CT molecular complexity index is 979. The zero-order valence-electron chi connectivity index (χ0n) is 13.7. The van der Waals surface area contributed by atoms with Gasteiger partial charge in [0.15, 0.2) is 0 Å². The smallest absolute Gasteiger partial charge is 0.266 e. The fraction of sp³-hybridized carbons (Fsp3) is 0.105. The molecule has 4 nitrogen and oxygen atoms in total. The molecule has 0 spiro atoms. The van der Waals surface area contributed by atoms with Gasteiger partial charge in [0.05, 0.1) is 10.6 Å². The van der Waals surface area contributed by atoms with Crippen molar-refractivity contribution in [3.05, 3.63) is 63.5 Å². The molecule has 2 aromatic heterocycles. The van der Waals surface area contributed by atoms with E-state index in [0.29, 0.717) is 11.4 Å². The van der Waals surface area contributed by atoms with Gasteiger partial charge in [-0.2, -0.15) is 5.26 Å². The molecule has 0 saturated heterocycles. The third-order valence-corrected chi connectivity index (χ3v) is 5.66. The molecule has 1 amide bonds. The van der Waals surface area contributed by atoms with Crippen LogP contribution in [-0.4, -0.2) is 10.9 Å². The normalized spacial score (nSPS) is 11.2. The van der Waals surface area contributed by atoms with Crippen molar-refractivity contribution >= 4 is 40.3 Å². The first-order chi connectivity index (χ1) is 12.1. The Morgan fingerprint density at radius 2 is 2.08 bits per heavy atom. The van der Waals surface area contributed by atoms with Gasteiger partial charge in [-0.05, 0) is 48.6 Å². The first kappa shape index (κ1) is 17.1. The van der Waals surface area contributed by atoms with E-state index in [9.17, 15) is 10.1 Å². The summed E-state index contributed by atoms with van der Waals surface area (Å²) in [5.41, 5.74) is 3.43. The third-order valence-electron chi connectivity index (χ3n) is 3.76. The summed E-state index contributed by atoms with van der Waals surface area (Å²) in [5.74, 6) is -0.429. The van der Waals surface area contributed by atoms with Gasteiger partial charge in [-0.3, -0.25) is 4.79 Å². The molecule has 0 aliphatic heterocycles. The van der Waals surface area contributed by atoms with Gasteiger partial charge < -0.3 is 5.32 Å². The number of aryl methyl sites for hydroxylation is 1. The highest BCUT2D eigenvalue weighted by Gasteiger charge is 2.13. The number of hydrogen-bond donors (Lipinski definition) is 1. The van der Waals surface area contributed by atoms with Gasteiger partial charge in [0.2, 0.25) is 0 Å². The highest BCUT2D eigenvalue weighted by Crippen LogP contribution is 2.28. The van der Waals surface area contributed by atoms with Gasteiger partial charge in [0.1, 0.15) is 16.6 Å². The van der Waals surface area contributed by atoms with E-state index in [1.165, 1.54) is 17.4 Å². The molecule has 0 unspecified atom stereocenters. The van der Waals surface area contributed by atoms with Gasteiger partial charge in [0.25, 0.3) is 5.91 Å². The summed E-state index contributed by atoms with van der Waals surface area (Å²) in [6.07, 6.45) is 1.52. The first-order valence-electron chi connectivity index (χ1n) is 7.57. The van der Waals surface area contributed by atoms with Gasteiger partial charge in [0, 0.05) is 11.1 Å². The molecule has 0 fully saturated rings. The van der Waals surface area contributed by atoms with E-state index in [2.05, 4.69) is 10.3 Å². The molecule has 124 valence electrons. The van der Waals surface area contributed by atoms with Crippen LogP contribution in [-0.2, 0) is 4.79 Å². The Balaban J connectivity index is 1.82. The van der Waals surface area contributed by atoms with Crippen LogP contribution in [0.3, 0.4) is 0 Å². The summed E-state index contributed by atoms with van der Waals surface area (Å²) in [5, 5.41) is 16.9. The zero-order valence-corrected chi connectivity index (χ0v) is 15.4. The molecular weight excluding hydrogens is 350 g/mol. The highest BCUT2D eigenvalue weighted by atomic mass is 32.1. The van der Waals surface area contributed by atoms with E-state index in [1.807, 2.05) is 61.0 Å². The van der Waals surface area contributed by atoms with E-state index in [0.717, 1.165) is 21.0 Å². The number of hydrogen-bond acceptors (Lipinski definition) is 5. The second kappa shape index (κ2) is 7.43. The lowest BCUT2D eigenvalue weighted by Gasteiger charge is -2.09. The lowest BCUT2D eigenvalue weighted by Crippen LogP contribution is -2.14. The number of benzene rings is 1. The number of rotatable bonds is 4. The Kier molecular flexibility index (Phi) is 5.08. The lowest BCUT2D eigenvalue weighted by molar-refractivity contribution is -0.112. The first-order valence-corrected chi connectivity index (χ1v) is 9.33. The molecule has 2 heterocycles. The van der Waals surface area contributed by atoms with Crippen molar-refractivity contribution in [3.63, 3.8) is 0 Å². The van der Waals surface area contributed by atoms with Crippen LogP contribution in [0.25, 0.3) is 16.0 Å². The van der Waals surface area contributed by atoms with Crippen LogP contribution in [0.4, 0.5) is 5.69 Å². The number of aromatic nitrogens is 1. The number of carbonyl (C=O) groups excluding carboxylic acids is 1. The minimum atomic E-state index is -0.429. The van der Waals surface area contributed by atoms with Crippen molar-refractivity contribution in [1.29, 1.82) is 5.26 Å². The summed E-state index contributed by atoms with van der Waals surface area (Å²) in [6.45, 7) is 3.92. The molecule has 3 rings (SSSR count). The molecule has 0 aliphatic carbocycles. The Hall–Kier alpha value is -2.75. The van der Waals surface area contributed by atoms with E-state index >= 15 is 0 Å². The van der Waals surface area contributed by atoms with Crippen molar-refractivity contribution in [1.82, 2.24) is 4.98 Å². The number of nitrogens with zero attached hydrogens (tertiary/aromatic N) is 2. The zero-order chi connectivity index (χ0) is 17.8. The predicted octanol–water partition coefficient (Wildman–Crippen LogP) is 5.03. The van der Waals surface area contributed by atoms with Crippen molar-refractivity contribution in [3.8, 4) is 16.0 Å². The number of nitriles is 1. The average Bonchev–Trinajstić information content (AvgIpc) is 3.27. The summed E-state index contributed by atoms with van der Waals surface area (Å²) < 4.78 is 0. The molecule has 6 heteroatoms. The van der Waals surface area contributed by atoms with E-state index in [-0.39, 0.29) is 5.57 Å². The van der Waals surface area contributed by atoms with Crippen LogP contribution in [0.1, 0.15) is 16.8 Å². The largest absolute Gasteiger partial charge is 0.321 e. The van der Waals surface area contributed by atoms with Crippen LogP contribution >= 0.6 is 22.7 Å². The highest BCUT2D eigenvalue weighted by molar-refractivity contribution is 7.20. The third kappa shape index (κ3) is 3.85. The number of thiophene rings is 1. The SMILES string of the molecule is Cc1cccc(NC(=O)C(C#N)=Cc2csc(-c3cccs3)n2)c1C. The van der Waals surface area contributed by atoms with E-state index < -0.39 is 5.91 Å². The molecule has 0 aliphatic rings. The van der Waals surface area contributed by atoms with Gasteiger partial charge in [-0.25, -0.2) is 4.98 Å². The predicted molar refractivity (Wildman–Crippen MR) is 104 cm³/mol. The maximum atomic E-state index is 12.4. The maximum Gasteiger partial charge on any atom is 0.266 e. The van der Waals surface area contributed by atoms with E-state index in [1.54, 1.807) is 11.3 Å². The van der Waals surface area contributed by atoms with Crippen molar-refractivity contribution in [2.45, 2.75) is 13.8 Å². The molecule has 1 aromatic carbocycles. The number of anilines is 1. The molecule has 0 atom stereocenters. The lowest BCUT2D eigenvalue weighted by atomic mass is 10.1.